The smallest absolute Gasteiger partial charge is 0.306 e. The Morgan fingerprint density at radius 3 is 2.57 bits per heavy atom. The lowest BCUT2D eigenvalue weighted by molar-refractivity contribution is -0.143. The van der Waals surface area contributed by atoms with Crippen LogP contribution in [0, 0.1) is 11.7 Å². The number of carbonyl (C=O) groups is 2. The number of nitrogens with one attached hydrogen (secondary N) is 1. The number of carboxylic acid groups (broad SMARTS) is 1. The lowest BCUT2D eigenvalue weighted by Crippen LogP contribution is -2.35. The third-order valence-corrected chi connectivity index (χ3v) is 7.47. The van der Waals surface area contributed by atoms with E-state index in [2.05, 4.69) is 27.6 Å². The van der Waals surface area contributed by atoms with Gasteiger partial charge in [0.15, 0.2) is 16.7 Å². The van der Waals surface area contributed by atoms with Crippen LogP contribution in [0.25, 0.3) is 0 Å². The van der Waals surface area contributed by atoms with E-state index >= 15 is 0 Å². The SMILES string of the molecule is CCN(C(=O)c1cccc(OC)c1F)C1=NNC(c2ccc(CN3CCC(C(=O)O)CC3)cc2)S1. The number of amidine groups is 1. The lowest BCUT2D eigenvalue weighted by atomic mass is 9.97. The van der Waals surface area contributed by atoms with Gasteiger partial charge in [-0.1, -0.05) is 42.1 Å². The number of aliphatic carboxylic acids is 1. The third-order valence-electron chi connectivity index (χ3n) is 6.33. The molecule has 1 atom stereocenters. The number of nitrogens with zero attached hydrogens (tertiary/aromatic N) is 3. The van der Waals surface area contributed by atoms with Crippen LogP contribution >= 0.6 is 11.8 Å². The molecular weight excluding hydrogens is 471 g/mol. The standard InChI is InChI=1S/C25H29FN4O4S/c1-3-30(23(31)19-5-4-6-20(34-2)21(19)26)25-28-27-22(35-25)17-9-7-16(8-10-17)15-29-13-11-18(12-14-29)24(32)33/h4-10,18,22,27H,3,11-15H2,1-2H3,(H,32,33). The van der Waals surface area contributed by atoms with Gasteiger partial charge in [-0.25, -0.2) is 4.39 Å². The molecule has 2 aliphatic heterocycles. The second-order valence-corrected chi connectivity index (χ2v) is 9.60. The van der Waals surface area contributed by atoms with Crippen LogP contribution in [0.2, 0.25) is 0 Å². The van der Waals surface area contributed by atoms with Crippen LogP contribution in [-0.2, 0) is 11.3 Å². The van der Waals surface area contributed by atoms with E-state index in [-0.39, 0.29) is 22.6 Å². The number of carbonyl (C=O) groups excluding carboxylic acids is 1. The normalized spacial score (nSPS) is 18.6. The molecule has 1 fully saturated rings. The fourth-order valence-corrected chi connectivity index (χ4v) is 5.33. The van der Waals surface area contributed by atoms with Crippen molar-refractivity contribution in [3.8, 4) is 5.75 Å². The van der Waals surface area contributed by atoms with Gasteiger partial charge in [0.2, 0.25) is 0 Å². The van der Waals surface area contributed by atoms with Gasteiger partial charge in [-0.05, 0) is 56.1 Å². The van der Waals surface area contributed by atoms with Gasteiger partial charge in [-0.15, -0.1) is 0 Å². The first-order chi connectivity index (χ1) is 16.9. The summed E-state index contributed by atoms with van der Waals surface area (Å²) in [5.41, 5.74) is 5.18. The van der Waals surface area contributed by atoms with Crippen LogP contribution in [-0.4, -0.2) is 58.7 Å². The third kappa shape index (κ3) is 5.59. The molecule has 4 rings (SSSR count). The number of benzene rings is 2. The number of methoxy groups -OCH3 is 1. The fraction of sp³-hybridized carbons (Fsp3) is 0.400. The quantitative estimate of drug-likeness (QED) is 0.596. The zero-order valence-corrected chi connectivity index (χ0v) is 20.6. The van der Waals surface area contributed by atoms with E-state index in [1.165, 1.54) is 35.9 Å². The number of amides is 1. The van der Waals surface area contributed by atoms with Crippen molar-refractivity contribution in [1.82, 2.24) is 15.2 Å². The van der Waals surface area contributed by atoms with Gasteiger partial charge in [-0.2, -0.15) is 5.10 Å². The molecule has 0 spiro atoms. The number of ether oxygens (including phenoxy) is 1. The molecule has 2 aromatic carbocycles. The first kappa shape index (κ1) is 25.0. The minimum atomic E-state index is -0.700. The first-order valence-electron chi connectivity index (χ1n) is 11.6. The Kier molecular flexibility index (Phi) is 7.92. The Labute approximate surface area is 208 Å². The largest absolute Gasteiger partial charge is 0.494 e. The van der Waals surface area contributed by atoms with Crippen molar-refractivity contribution < 1.29 is 23.8 Å². The predicted molar refractivity (Wildman–Crippen MR) is 133 cm³/mol. The van der Waals surface area contributed by atoms with Gasteiger partial charge in [0.1, 0.15) is 5.37 Å². The summed E-state index contributed by atoms with van der Waals surface area (Å²) < 4.78 is 19.6. The molecule has 0 bridgehead atoms. The molecule has 2 heterocycles. The lowest BCUT2D eigenvalue weighted by Gasteiger charge is -2.30. The Balaban J connectivity index is 1.36. The average molecular weight is 501 g/mol. The Bertz CT molecular complexity index is 1100. The zero-order chi connectivity index (χ0) is 24.9. The molecule has 0 radical (unpaired) electrons. The van der Waals surface area contributed by atoms with E-state index < -0.39 is 17.7 Å². The molecule has 0 saturated carbocycles. The maximum atomic E-state index is 14.6. The Hall–Kier alpha value is -3.11. The topological polar surface area (TPSA) is 94.5 Å². The number of carboxylic acids is 1. The summed E-state index contributed by atoms with van der Waals surface area (Å²) in [7, 11) is 1.36. The van der Waals surface area contributed by atoms with E-state index in [0.29, 0.717) is 24.6 Å². The highest BCUT2D eigenvalue weighted by Crippen LogP contribution is 2.34. The van der Waals surface area contributed by atoms with E-state index in [9.17, 15) is 14.0 Å². The van der Waals surface area contributed by atoms with Crippen molar-refractivity contribution in [2.24, 2.45) is 11.0 Å². The van der Waals surface area contributed by atoms with Crippen molar-refractivity contribution in [2.75, 3.05) is 26.7 Å². The molecule has 1 amide bonds. The average Bonchev–Trinajstić information content (AvgIpc) is 3.35. The van der Waals surface area contributed by atoms with E-state index in [4.69, 9.17) is 9.84 Å². The van der Waals surface area contributed by atoms with Gasteiger partial charge in [0, 0.05) is 13.1 Å². The number of piperidine rings is 1. The van der Waals surface area contributed by atoms with Crippen molar-refractivity contribution in [3.05, 3.63) is 65.0 Å². The fourth-order valence-electron chi connectivity index (χ4n) is 4.28. The summed E-state index contributed by atoms with van der Waals surface area (Å²) in [5, 5.41) is 13.8. The van der Waals surface area contributed by atoms with Crippen molar-refractivity contribution in [2.45, 2.75) is 31.7 Å². The maximum absolute atomic E-state index is 14.6. The molecule has 0 aliphatic carbocycles. The van der Waals surface area contributed by atoms with E-state index in [1.54, 1.807) is 6.07 Å². The van der Waals surface area contributed by atoms with Crippen LogP contribution in [0.5, 0.6) is 5.75 Å². The Morgan fingerprint density at radius 1 is 1.23 bits per heavy atom. The van der Waals surface area contributed by atoms with Crippen LogP contribution in [0.1, 0.15) is 46.6 Å². The van der Waals surface area contributed by atoms with Crippen molar-refractivity contribution in [1.29, 1.82) is 0 Å². The molecule has 35 heavy (non-hydrogen) atoms. The summed E-state index contributed by atoms with van der Waals surface area (Å²) in [6, 6.07) is 12.7. The second-order valence-electron chi connectivity index (χ2n) is 8.52. The summed E-state index contributed by atoms with van der Waals surface area (Å²) in [6.07, 6.45) is 1.37. The molecule has 8 nitrogen and oxygen atoms in total. The van der Waals surface area contributed by atoms with Crippen LogP contribution in [0.3, 0.4) is 0 Å². The van der Waals surface area contributed by atoms with Gasteiger partial charge < -0.3 is 9.84 Å². The van der Waals surface area contributed by atoms with E-state index in [1.807, 2.05) is 19.1 Å². The van der Waals surface area contributed by atoms with Crippen molar-refractivity contribution in [3.63, 3.8) is 0 Å². The minimum absolute atomic E-state index is 0.0234. The van der Waals surface area contributed by atoms with Crippen LogP contribution < -0.4 is 10.2 Å². The monoisotopic (exact) mass is 500 g/mol. The van der Waals surface area contributed by atoms with Gasteiger partial charge in [-0.3, -0.25) is 24.8 Å². The first-order valence-corrected chi connectivity index (χ1v) is 12.5. The molecule has 1 saturated heterocycles. The highest BCUT2D eigenvalue weighted by molar-refractivity contribution is 8.14. The van der Waals surface area contributed by atoms with Gasteiger partial charge in [0.25, 0.3) is 5.91 Å². The summed E-state index contributed by atoms with van der Waals surface area (Å²) in [6.45, 7) is 4.51. The van der Waals surface area contributed by atoms with E-state index in [0.717, 1.165) is 30.8 Å². The molecule has 2 aliphatic rings. The molecule has 10 heteroatoms. The highest BCUT2D eigenvalue weighted by atomic mass is 32.2. The molecule has 0 aromatic heterocycles. The highest BCUT2D eigenvalue weighted by Gasteiger charge is 2.30. The molecule has 1 unspecified atom stereocenters. The van der Waals surface area contributed by atoms with Crippen LogP contribution in [0.15, 0.2) is 47.6 Å². The number of rotatable bonds is 7. The molecule has 2 aromatic rings. The minimum Gasteiger partial charge on any atom is -0.494 e. The summed E-state index contributed by atoms with van der Waals surface area (Å²) in [5.74, 6) is -2.07. The number of hydrazone groups is 1. The second kappa shape index (κ2) is 11.1. The Morgan fingerprint density at radius 2 is 1.94 bits per heavy atom. The van der Waals surface area contributed by atoms with Gasteiger partial charge >= 0.3 is 5.97 Å². The number of halogens is 1. The molecule has 2 N–H and O–H groups in total. The number of hydrogen-bond donors (Lipinski definition) is 2. The number of hydrogen-bond acceptors (Lipinski definition) is 7. The predicted octanol–water partition coefficient (Wildman–Crippen LogP) is 3.90. The molecular formula is C25H29FN4O4S. The maximum Gasteiger partial charge on any atom is 0.306 e. The summed E-state index contributed by atoms with van der Waals surface area (Å²) >= 11 is 1.40. The van der Waals surface area contributed by atoms with Gasteiger partial charge in [0.05, 0.1) is 18.6 Å². The van der Waals surface area contributed by atoms with Crippen LogP contribution in [0.4, 0.5) is 4.39 Å². The van der Waals surface area contributed by atoms with Crippen molar-refractivity contribution >= 4 is 28.8 Å². The summed E-state index contributed by atoms with van der Waals surface area (Å²) in [4.78, 5) is 27.9. The zero-order valence-electron chi connectivity index (χ0n) is 19.7. The molecule has 186 valence electrons. The number of thioether (sulfide) groups is 1. The number of likely N-dealkylation sites (tertiary alicyclic amines) is 1.